The van der Waals surface area contributed by atoms with Gasteiger partial charge in [0.05, 0.1) is 5.41 Å². The summed E-state index contributed by atoms with van der Waals surface area (Å²) in [5, 5.41) is 0. The summed E-state index contributed by atoms with van der Waals surface area (Å²) < 4.78 is 0. The van der Waals surface area contributed by atoms with Gasteiger partial charge in [-0.05, 0) is 60.9 Å². The lowest BCUT2D eigenvalue weighted by molar-refractivity contribution is -0.148. The standard InChI is InChI=1S/C27H35N3O2/c1-29(2)26(32)27(13-17-30(18-14-27)25(31)23-8-4-3-5-9-23)20-21-7-6-10-24(19-21)22-11-15-28-16-12-22/h6-7,10-12,15-16,19,23H,3-5,8-9,13-14,17-18,20H2,1-2H3. The molecule has 0 radical (unpaired) electrons. The molecule has 4 rings (SSSR count). The van der Waals surface area contributed by atoms with Crippen LogP contribution < -0.4 is 0 Å². The maximum Gasteiger partial charge on any atom is 0.228 e. The summed E-state index contributed by atoms with van der Waals surface area (Å²) in [7, 11) is 3.69. The van der Waals surface area contributed by atoms with Gasteiger partial charge >= 0.3 is 0 Å². The molecule has 1 aliphatic heterocycles. The number of amides is 2. The molecule has 0 bridgehead atoms. The van der Waals surface area contributed by atoms with Crippen molar-refractivity contribution in [2.75, 3.05) is 27.2 Å². The van der Waals surface area contributed by atoms with E-state index in [1.807, 2.05) is 31.1 Å². The van der Waals surface area contributed by atoms with Crippen molar-refractivity contribution in [3.63, 3.8) is 0 Å². The van der Waals surface area contributed by atoms with Gasteiger partial charge in [-0.25, -0.2) is 0 Å². The maximum absolute atomic E-state index is 13.4. The molecule has 2 aliphatic rings. The predicted molar refractivity (Wildman–Crippen MR) is 127 cm³/mol. The van der Waals surface area contributed by atoms with E-state index in [0.29, 0.717) is 25.4 Å². The first-order valence-corrected chi connectivity index (χ1v) is 12.0. The van der Waals surface area contributed by atoms with Crippen LogP contribution in [0, 0.1) is 11.3 Å². The lowest BCUT2D eigenvalue weighted by Crippen LogP contribution is -2.52. The van der Waals surface area contributed by atoms with Crippen molar-refractivity contribution < 1.29 is 9.59 Å². The van der Waals surface area contributed by atoms with Gasteiger partial charge in [0, 0.05) is 45.5 Å². The zero-order valence-corrected chi connectivity index (χ0v) is 19.4. The van der Waals surface area contributed by atoms with Crippen molar-refractivity contribution in [2.45, 2.75) is 51.4 Å². The average Bonchev–Trinajstić information content (AvgIpc) is 2.85. The molecule has 1 saturated carbocycles. The minimum absolute atomic E-state index is 0.177. The molecule has 2 amide bonds. The molecule has 5 heteroatoms. The molecular formula is C27H35N3O2. The number of nitrogens with zero attached hydrogens (tertiary/aromatic N) is 3. The van der Waals surface area contributed by atoms with Gasteiger partial charge in [0.2, 0.25) is 11.8 Å². The Labute approximate surface area is 191 Å². The van der Waals surface area contributed by atoms with Crippen molar-refractivity contribution in [3.05, 3.63) is 54.4 Å². The van der Waals surface area contributed by atoms with E-state index >= 15 is 0 Å². The van der Waals surface area contributed by atoms with Gasteiger partial charge in [-0.1, -0.05) is 43.5 Å². The van der Waals surface area contributed by atoms with Gasteiger partial charge in [0.25, 0.3) is 0 Å². The molecule has 1 saturated heterocycles. The van der Waals surface area contributed by atoms with Crippen LogP contribution in [0.1, 0.15) is 50.5 Å². The molecule has 2 fully saturated rings. The second-order valence-electron chi connectivity index (χ2n) is 9.75. The van der Waals surface area contributed by atoms with Crippen molar-refractivity contribution >= 4 is 11.8 Å². The lowest BCUT2D eigenvalue weighted by Gasteiger charge is -2.43. The van der Waals surface area contributed by atoms with E-state index in [0.717, 1.165) is 36.8 Å². The molecule has 2 aromatic rings. The minimum atomic E-state index is -0.455. The van der Waals surface area contributed by atoms with Crippen molar-refractivity contribution in [2.24, 2.45) is 11.3 Å². The highest BCUT2D eigenvalue weighted by atomic mass is 16.2. The third kappa shape index (κ3) is 4.87. The summed E-state index contributed by atoms with van der Waals surface area (Å²) in [6.07, 6.45) is 11.4. The Hall–Kier alpha value is -2.69. The van der Waals surface area contributed by atoms with Crippen LogP contribution in [0.5, 0.6) is 0 Å². The third-order valence-corrected chi connectivity index (χ3v) is 7.33. The Balaban J connectivity index is 1.51. The molecule has 0 atom stereocenters. The molecule has 2 heterocycles. The second kappa shape index (κ2) is 9.85. The topological polar surface area (TPSA) is 53.5 Å². The Morgan fingerprint density at radius 2 is 1.69 bits per heavy atom. The van der Waals surface area contributed by atoms with Crippen LogP contribution in [-0.2, 0) is 16.0 Å². The van der Waals surface area contributed by atoms with E-state index in [1.165, 1.54) is 24.8 Å². The Bertz CT molecular complexity index is 927. The minimum Gasteiger partial charge on any atom is -0.348 e. The van der Waals surface area contributed by atoms with Gasteiger partial charge in [-0.3, -0.25) is 14.6 Å². The fraction of sp³-hybridized carbons (Fsp3) is 0.519. The van der Waals surface area contributed by atoms with Crippen molar-refractivity contribution in [1.29, 1.82) is 0 Å². The van der Waals surface area contributed by atoms with Crippen LogP contribution in [0.2, 0.25) is 0 Å². The second-order valence-corrected chi connectivity index (χ2v) is 9.75. The number of likely N-dealkylation sites (tertiary alicyclic amines) is 1. The highest BCUT2D eigenvalue weighted by Crippen LogP contribution is 2.38. The summed E-state index contributed by atoms with van der Waals surface area (Å²) >= 11 is 0. The monoisotopic (exact) mass is 433 g/mol. The molecule has 5 nitrogen and oxygen atoms in total. The van der Waals surface area contributed by atoms with E-state index in [4.69, 9.17) is 0 Å². The molecular weight excluding hydrogens is 398 g/mol. The highest BCUT2D eigenvalue weighted by molar-refractivity contribution is 5.84. The van der Waals surface area contributed by atoms with Crippen molar-refractivity contribution in [1.82, 2.24) is 14.8 Å². The van der Waals surface area contributed by atoms with E-state index in [9.17, 15) is 9.59 Å². The maximum atomic E-state index is 13.4. The van der Waals surface area contributed by atoms with E-state index in [2.05, 4.69) is 29.2 Å². The van der Waals surface area contributed by atoms with Crippen molar-refractivity contribution in [3.8, 4) is 11.1 Å². The van der Waals surface area contributed by atoms with Crippen LogP contribution in [-0.4, -0.2) is 53.8 Å². The number of hydrogen-bond donors (Lipinski definition) is 0. The number of pyridine rings is 1. The summed E-state index contributed by atoms with van der Waals surface area (Å²) in [5.41, 5.74) is 2.98. The third-order valence-electron chi connectivity index (χ3n) is 7.33. The molecule has 0 unspecified atom stereocenters. The number of rotatable bonds is 5. The van der Waals surface area contributed by atoms with Gasteiger partial charge in [0.1, 0.15) is 0 Å². The number of aromatic nitrogens is 1. The Kier molecular flexibility index (Phi) is 6.92. The van der Waals surface area contributed by atoms with Crippen LogP contribution in [0.25, 0.3) is 11.1 Å². The number of hydrogen-bond acceptors (Lipinski definition) is 3. The molecule has 1 aromatic carbocycles. The normalized spacial score (nSPS) is 18.9. The van der Waals surface area contributed by atoms with Gasteiger partial charge in [-0.15, -0.1) is 0 Å². The van der Waals surface area contributed by atoms with E-state index in [1.54, 1.807) is 17.3 Å². The van der Waals surface area contributed by atoms with Gasteiger partial charge in [-0.2, -0.15) is 0 Å². The quantitative estimate of drug-likeness (QED) is 0.694. The number of carbonyl (C=O) groups is 2. The van der Waals surface area contributed by atoms with Crippen LogP contribution in [0.3, 0.4) is 0 Å². The molecule has 1 aliphatic carbocycles. The largest absolute Gasteiger partial charge is 0.348 e. The zero-order chi connectivity index (χ0) is 22.6. The SMILES string of the molecule is CN(C)C(=O)C1(Cc2cccc(-c3ccncc3)c2)CCN(C(=O)C2CCCCC2)CC1. The molecule has 0 N–H and O–H groups in total. The summed E-state index contributed by atoms with van der Waals surface area (Å²) in [6.45, 7) is 1.36. The average molecular weight is 434 g/mol. The number of carbonyl (C=O) groups excluding carboxylic acids is 2. The van der Waals surface area contributed by atoms with Crippen LogP contribution in [0.4, 0.5) is 0 Å². The van der Waals surface area contributed by atoms with Gasteiger partial charge < -0.3 is 9.80 Å². The number of benzene rings is 1. The smallest absolute Gasteiger partial charge is 0.228 e. The van der Waals surface area contributed by atoms with E-state index in [-0.39, 0.29) is 11.8 Å². The first-order valence-electron chi connectivity index (χ1n) is 12.0. The number of piperidine rings is 1. The zero-order valence-electron chi connectivity index (χ0n) is 19.4. The Morgan fingerprint density at radius 3 is 2.34 bits per heavy atom. The predicted octanol–water partition coefficient (Wildman–Crippen LogP) is 4.57. The first-order chi connectivity index (χ1) is 15.5. The van der Waals surface area contributed by atoms with E-state index < -0.39 is 5.41 Å². The van der Waals surface area contributed by atoms with Gasteiger partial charge in [0.15, 0.2) is 0 Å². The molecule has 170 valence electrons. The summed E-state index contributed by atoms with van der Waals surface area (Å²) in [4.78, 5) is 34.3. The molecule has 32 heavy (non-hydrogen) atoms. The molecule has 1 aromatic heterocycles. The Morgan fingerprint density at radius 1 is 1.00 bits per heavy atom. The highest BCUT2D eigenvalue weighted by Gasteiger charge is 2.43. The lowest BCUT2D eigenvalue weighted by atomic mass is 9.72. The fourth-order valence-electron chi connectivity index (χ4n) is 5.50. The van der Waals surface area contributed by atoms with Crippen LogP contribution in [0.15, 0.2) is 48.8 Å². The first kappa shape index (κ1) is 22.5. The summed E-state index contributed by atoms with van der Waals surface area (Å²) in [5.74, 6) is 0.685. The molecule has 0 spiro atoms. The summed E-state index contributed by atoms with van der Waals surface area (Å²) in [6, 6.07) is 12.5. The van der Waals surface area contributed by atoms with Crippen LogP contribution >= 0.6 is 0 Å². The fourth-order valence-corrected chi connectivity index (χ4v) is 5.50.